The molecule has 0 unspecified atom stereocenters. The number of ether oxygens (including phenoxy) is 2. The first kappa shape index (κ1) is 13.1. The predicted molar refractivity (Wildman–Crippen MR) is 74.8 cm³/mol. The van der Waals surface area contributed by atoms with Crippen LogP contribution in [0.1, 0.15) is 5.56 Å². The number of methoxy groups -OCH3 is 2. The van der Waals surface area contributed by atoms with Gasteiger partial charge in [-0.2, -0.15) is 0 Å². The predicted octanol–water partition coefficient (Wildman–Crippen LogP) is 3.11. The molecular formula is C16H16O3. The lowest BCUT2D eigenvalue weighted by molar-refractivity contribution is -0.107. The van der Waals surface area contributed by atoms with E-state index in [2.05, 4.69) is 0 Å². The maximum Gasteiger partial charge on any atom is 0.161 e. The van der Waals surface area contributed by atoms with Gasteiger partial charge < -0.3 is 14.3 Å². The van der Waals surface area contributed by atoms with Crippen LogP contribution in [-0.2, 0) is 11.2 Å². The maximum atomic E-state index is 10.5. The summed E-state index contributed by atoms with van der Waals surface area (Å²) in [7, 11) is 3.24. The third kappa shape index (κ3) is 2.94. The second-order valence-electron chi connectivity index (χ2n) is 4.14. The lowest BCUT2D eigenvalue weighted by atomic mass is 10.0. The number of benzene rings is 2. The van der Waals surface area contributed by atoms with Gasteiger partial charge in [-0.3, -0.25) is 0 Å². The van der Waals surface area contributed by atoms with Gasteiger partial charge in [-0.25, -0.2) is 0 Å². The van der Waals surface area contributed by atoms with E-state index in [1.165, 1.54) is 0 Å². The average molecular weight is 256 g/mol. The number of carbonyl (C=O) groups is 1. The minimum Gasteiger partial charge on any atom is -0.493 e. The summed E-state index contributed by atoms with van der Waals surface area (Å²) in [6, 6.07) is 13.7. The van der Waals surface area contributed by atoms with Crippen molar-refractivity contribution in [3.8, 4) is 22.6 Å². The van der Waals surface area contributed by atoms with Crippen molar-refractivity contribution in [1.82, 2.24) is 0 Å². The van der Waals surface area contributed by atoms with Gasteiger partial charge in [0.05, 0.1) is 14.2 Å². The molecule has 0 amide bonds. The molecule has 0 N–H and O–H groups in total. The van der Waals surface area contributed by atoms with Crippen molar-refractivity contribution < 1.29 is 14.3 Å². The van der Waals surface area contributed by atoms with Gasteiger partial charge in [0.25, 0.3) is 0 Å². The van der Waals surface area contributed by atoms with E-state index in [-0.39, 0.29) is 0 Å². The van der Waals surface area contributed by atoms with Gasteiger partial charge >= 0.3 is 0 Å². The zero-order valence-corrected chi connectivity index (χ0v) is 11.1. The summed E-state index contributed by atoms with van der Waals surface area (Å²) in [5.41, 5.74) is 3.14. The standard InChI is InChI=1S/C16H16O3/c1-18-15-8-7-14(11-16(15)19-2)13-5-3-12(4-6-13)9-10-17/h3-8,10-11H,9H2,1-2H3. The summed E-state index contributed by atoms with van der Waals surface area (Å²) in [6.45, 7) is 0. The molecule has 0 saturated carbocycles. The van der Waals surface area contributed by atoms with Crippen LogP contribution in [0.5, 0.6) is 11.5 Å². The van der Waals surface area contributed by atoms with Crippen LogP contribution >= 0.6 is 0 Å². The van der Waals surface area contributed by atoms with Crippen molar-refractivity contribution in [3.63, 3.8) is 0 Å². The number of hydrogen-bond donors (Lipinski definition) is 0. The highest BCUT2D eigenvalue weighted by Gasteiger charge is 2.06. The SMILES string of the molecule is COc1ccc(-c2ccc(CC=O)cc2)cc1OC. The minimum absolute atomic E-state index is 0.451. The van der Waals surface area contributed by atoms with Gasteiger partial charge in [0.2, 0.25) is 0 Å². The van der Waals surface area contributed by atoms with Crippen LogP contribution in [0.25, 0.3) is 11.1 Å². The highest BCUT2D eigenvalue weighted by molar-refractivity contribution is 5.68. The van der Waals surface area contributed by atoms with E-state index < -0.39 is 0 Å². The summed E-state index contributed by atoms with van der Waals surface area (Å²) in [6.07, 6.45) is 1.36. The van der Waals surface area contributed by atoms with Crippen molar-refractivity contribution in [1.29, 1.82) is 0 Å². The zero-order chi connectivity index (χ0) is 13.7. The van der Waals surface area contributed by atoms with Crippen molar-refractivity contribution >= 4 is 6.29 Å². The van der Waals surface area contributed by atoms with Crippen molar-refractivity contribution in [3.05, 3.63) is 48.0 Å². The van der Waals surface area contributed by atoms with Gasteiger partial charge in [0.15, 0.2) is 11.5 Å². The first-order chi connectivity index (χ1) is 9.28. The minimum atomic E-state index is 0.451. The second kappa shape index (κ2) is 6.05. The first-order valence-electron chi connectivity index (χ1n) is 6.03. The molecule has 0 aliphatic heterocycles. The third-order valence-corrected chi connectivity index (χ3v) is 2.99. The molecule has 0 aliphatic carbocycles. The van der Waals surface area contributed by atoms with Gasteiger partial charge in [-0.15, -0.1) is 0 Å². The molecule has 0 spiro atoms. The Morgan fingerprint density at radius 2 is 1.53 bits per heavy atom. The molecule has 0 atom stereocenters. The molecule has 0 heterocycles. The van der Waals surface area contributed by atoms with E-state index in [9.17, 15) is 4.79 Å². The lowest BCUT2D eigenvalue weighted by Gasteiger charge is -2.10. The van der Waals surface area contributed by atoms with Crippen LogP contribution in [0.2, 0.25) is 0 Å². The normalized spacial score (nSPS) is 10.0. The monoisotopic (exact) mass is 256 g/mol. The third-order valence-electron chi connectivity index (χ3n) is 2.99. The largest absolute Gasteiger partial charge is 0.493 e. The summed E-state index contributed by atoms with van der Waals surface area (Å²) in [5.74, 6) is 1.42. The Labute approximate surface area is 112 Å². The summed E-state index contributed by atoms with van der Waals surface area (Å²) >= 11 is 0. The highest BCUT2D eigenvalue weighted by Crippen LogP contribution is 2.32. The number of hydrogen-bond acceptors (Lipinski definition) is 3. The molecule has 2 aromatic carbocycles. The van der Waals surface area contributed by atoms with Gasteiger partial charge in [0, 0.05) is 6.42 Å². The Hall–Kier alpha value is -2.29. The van der Waals surface area contributed by atoms with Gasteiger partial charge in [-0.05, 0) is 28.8 Å². The number of aldehydes is 1. The average Bonchev–Trinajstić information content (AvgIpc) is 2.47. The number of carbonyl (C=O) groups excluding carboxylic acids is 1. The van der Waals surface area contributed by atoms with E-state index >= 15 is 0 Å². The Balaban J connectivity index is 2.33. The lowest BCUT2D eigenvalue weighted by Crippen LogP contribution is -1.91. The van der Waals surface area contributed by atoms with E-state index in [1.54, 1.807) is 14.2 Å². The van der Waals surface area contributed by atoms with Crippen molar-refractivity contribution in [2.24, 2.45) is 0 Å². The Morgan fingerprint density at radius 1 is 0.895 bits per heavy atom. The van der Waals surface area contributed by atoms with Gasteiger partial charge in [-0.1, -0.05) is 30.3 Å². The fourth-order valence-corrected chi connectivity index (χ4v) is 1.95. The summed E-state index contributed by atoms with van der Waals surface area (Å²) < 4.78 is 10.5. The maximum absolute atomic E-state index is 10.5. The van der Waals surface area contributed by atoms with Crippen LogP contribution in [0.3, 0.4) is 0 Å². The molecule has 0 bridgehead atoms. The Morgan fingerprint density at radius 3 is 2.11 bits per heavy atom. The van der Waals surface area contributed by atoms with Gasteiger partial charge in [0.1, 0.15) is 6.29 Å². The fraction of sp³-hybridized carbons (Fsp3) is 0.188. The molecule has 0 fully saturated rings. The Bertz CT molecular complexity index is 559. The van der Waals surface area contributed by atoms with E-state index in [4.69, 9.17) is 9.47 Å². The molecule has 3 heteroatoms. The Kier molecular flexibility index (Phi) is 4.18. The molecular weight excluding hydrogens is 240 g/mol. The zero-order valence-electron chi connectivity index (χ0n) is 11.1. The van der Waals surface area contributed by atoms with Crippen LogP contribution in [0.15, 0.2) is 42.5 Å². The van der Waals surface area contributed by atoms with E-state index in [0.717, 1.165) is 23.0 Å². The summed E-state index contributed by atoms with van der Waals surface area (Å²) in [4.78, 5) is 10.5. The van der Waals surface area contributed by atoms with Crippen LogP contribution < -0.4 is 9.47 Å². The topological polar surface area (TPSA) is 35.5 Å². The molecule has 0 radical (unpaired) electrons. The molecule has 2 aromatic rings. The molecule has 3 nitrogen and oxygen atoms in total. The second-order valence-corrected chi connectivity index (χ2v) is 4.14. The molecule has 2 rings (SSSR count). The molecule has 19 heavy (non-hydrogen) atoms. The fourth-order valence-electron chi connectivity index (χ4n) is 1.95. The molecule has 0 aromatic heterocycles. The molecule has 0 saturated heterocycles. The van der Waals surface area contributed by atoms with Crippen molar-refractivity contribution in [2.75, 3.05) is 14.2 Å². The molecule has 0 aliphatic rings. The summed E-state index contributed by atoms with van der Waals surface area (Å²) in [5, 5.41) is 0. The quantitative estimate of drug-likeness (QED) is 0.771. The first-order valence-corrected chi connectivity index (χ1v) is 6.03. The van der Waals surface area contributed by atoms with Crippen LogP contribution in [0.4, 0.5) is 0 Å². The van der Waals surface area contributed by atoms with Crippen LogP contribution in [0, 0.1) is 0 Å². The van der Waals surface area contributed by atoms with E-state index in [1.807, 2.05) is 42.5 Å². The smallest absolute Gasteiger partial charge is 0.161 e. The highest BCUT2D eigenvalue weighted by atomic mass is 16.5. The van der Waals surface area contributed by atoms with Crippen LogP contribution in [-0.4, -0.2) is 20.5 Å². The van der Waals surface area contributed by atoms with Crippen molar-refractivity contribution in [2.45, 2.75) is 6.42 Å². The molecule has 98 valence electrons. The van der Waals surface area contributed by atoms with E-state index in [0.29, 0.717) is 17.9 Å². The number of rotatable bonds is 5.